The highest BCUT2D eigenvalue weighted by molar-refractivity contribution is 6.13. The second-order valence-corrected chi connectivity index (χ2v) is 5.96. The highest BCUT2D eigenvalue weighted by atomic mass is 16.5. The molecule has 1 aromatic carbocycles. The number of nitrogens with one attached hydrogen (secondary N) is 1. The fraction of sp³-hybridized carbons (Fsp3) is 0.250. The molecule has 0 aliphatic rings. The van der Waals surface area contributed by atoms with E-state index >= 15 is 0 Å². The van der Waals surface area contributed by atoms with Gasteiger partial charge in [0, 0.05) is 42.0 Å². The lowest BCUT2D eigenvalue weighted by Gasteiger charge is -2.11. The first-order chi connectivity index (χ1) is 12.7. The summed E-state index contributed by atoms with van der Waals surface area (Å²) < 4.78 is 5.88. The molecule has 0 amide bonds. The fourth-order valence-electron chi connectivity index (χ4n) is 2.90. The van der Waals surface area contributed by atoms with Crippen LogP contribution in [-0.4, -0.2) is 29.8 Å². The second kappa shape index (κ2) is 7.82. The molecular formula is C20H22N4O2. The van der Waals surface area contributed by atoms with E-state index in [-0.39, 0.29) is 5.56 Å². The molecule has 0 saturated carbocycles. The summed E-state index contributed by atoms with van der Waals surface area (Å²) in [5.41, 5.74) is 7.94. The Balaban J connectivity index is 2.28. The van der Waals surface area contributed by atoms with E-state index in [9.17, 15) is 4.79 Å². The Kier molecular flexibility index (Phi) is 5.31. The van der Waals surface area contributed by atoms with Crippen molar-refractivity contribution < 1.29 is 4.74 Å². The van der Waals surface area contributed by atoms with Crippen molar-refractivity contribution in [2.45, 2.75) is 19.8 Å². The number of hydrogen-bond donors (Lipinski definition) is 2. The van der Waals surface area contributed by atoms with Crippen LogP contribution in [-0.2, 0) is 0 Å². The average molecular weight is 350 g/mol. The normalized spacial score (nSPS) is 12.3. The van der Waals surface area contributed by atoms with Crippen molar-refractivity contribution in [1.29, 1.82) is 0 Å². The van der Waals surface area contributed by atoms with Crippen molar-refractivity contribution in [3.05, 3.63) is 52.6 Å². The third-order valence-electron chi connectivity index (χ3n) is 4.22. The van der Waals surface area contributed by atoms with Gasteiger partial charge in [-0.1, -0.05) is 19.4 Å². The number of rotatable bonds is 6. The summed E-state index contributed by atoms with van der Waals surface area (Å²) in [6, 6.07) is 7.36. The number of nitrogens with two attached hydrogens (primary N) is 1. The minimum absolute atomic E-state index is 0.146. The molecule has 0 aliphatic heterocycles. The summed E-state index contributed by atoms with van der Waals surface area (Å²) in [5.74, 6) is 0.525. The number of aromatic nitrogens is 2. The maximum Gasteiger partial charge on any atom is 0.256 e. The topological polar surface area (TPSA) is 93.4 Å². The zero-order valence-electron chi connectivity index (χ0n) is 15.0. The molecule has 134 valence electrons. The predicted molar refractivity (Wildman–Crippen MR) is 107 cm³/mol. The van der Waals surface area contributed by atoms with Gasteiger partial charge < -0.3 is 15.5 Å². The number of hydrogen-bond acceptors (Lipinski definition) is 5. The van der Waals surface area contributed by atoms with Gasteiger partial charge in [-0.15, -0.1) is 0 Å². The van der Waals surface area contributed by atoms with Crippen molar-refractivity contribution in [1.82, 2.24) is 9.97 Å². The van der Waals surface area contributed by atoms with E-state index in [0.717, 1.165) is 34.8 Å². The lowest BCUT2D eigenvalue weighted by molar-refractivity contribution is 0.302. The number of ether oxygens (including phenoxy) is 1. The van der Waals surface area contributed by atoms with Crippen LogP contribution in [0, 0.1) is 0 Å². The molecule has 3 rings (SSSR count). The van der Waals surface area contributed by atoms with Gasteiger partial charge in [0.1, 0.15) is 0 Å². The van der Waals surface area contributed by atoms with Crippen molar-refractivity contribution in [3.63, 3.8) is 0 Å². The molecule has 3 aromatic rings. The molecule has 0 atom stereocenters. The minimum atomic E-state index is -0.146. The molecule has 0 unspecified atom stereocenters. The molecule has 2 aromatic heterocycles. The zero-order valence-corrected chi connectivity index (χ0v) is 15.0. The number of allylic oxidation sites excluding steroid dienone is 1. The third kappa shape index (κ3) is 3.31. The van der Waals surface area contributed by atoms with E-state index in [2.05, 4.69) is 21.9 Å². The smallest absolute Gasteiger partial charge is 0.256 e. The van der Waals surface area contributed by atoms with Gasteiger partial charge in [-0.25, -0.2) is 4.98 Å². The predicted octanol–water partition coefficient (Wildman–Crippen LogP) is 3.26. The Morgan fingerprint density at radius 2 is 2.19 bits per heavy atom. The minimum Gasteiger partial charge on any atom is -0.477 e. The number of aliphatic imine (C=N–C) groups is 1. The van der Waals surface area contributed by atoms with E-state index in [1.165, 1.54) is 6.20 Å². The van der Waals surface area contributed by atoms with Gasteiger partial charge in [-0.05, 0) is 30.2 Å². The quantitative estimate of drug-likeness (QED) is 0.405. The lowest BCUT2D eigenvalue weighted by atomic mass is 10.0. The fourth-order valence-corrected chi connectivity index (χ4v) is 2.90. The number of aromatic amines is 1. The van der Waals surface area contributed by atoms with Crippen LogP contribution in [0.25, 0.3) is 27.2 Å². The molecule has 0 bridgehead atoms. The summed E-state index contributed by atoms with van der Waals surface area (Å²) in [7, 11) is 1.69. The zero-order chi connectivity index (χ0) is 18.5. The Morgan fingerprint density at radius 1 is 1.35 bits per heavy atom. The van der Waals surface area contributed by atoms with Gasteiger partial charge in [0.05, 0.1) is 17.5 Å². The number of unbranched alkanes of at least 4 members (excludes halogenated alkanes) is 1. The molecule has 0 radical (unpaired) electrons. The van der Waals surface area contributed by atoms with Gasteiger partial charge in [0.2, 0.25) is 5.88 Å². The van der Waals surface area contributed by atoms with E-state index in [4.69, 9.17) is 10.5 Å². The van der Waals surface area contributed by atoms with Crippen molar-refractivity contribution in [2.75, 3.05) is 13.7 Å². The maximum absolute atomic E-state index is 12.5. The first-order valence-corrected chi connectivity index (χ1v) is 8.61. The largest absolute Gasteiger partial charge is 0.477 e. The SMILES string of the molecule is CCCCOc1nccc2[nH]c(=O)c3ccc(/C(C=NC)=C/N)cc3c12. The Hall–Kier alpha value is -3.15. The van der Waals surface area contributed by atoms with Crippen LogP contribution < -0.4 is 16.0 Å². The van der Waals surface area contributed by atoms with Crippen molar-refractivity contribution >= 4 is 33.5 Å². The molecular weight excluding hydrogens is 328 g/mol. The van der Waals surface area contributed by atoms with Crippen LogP contribution in [0.3, 0.4) is 0 Å². The Labute approximate surface area is 151 Å². The van der Waals surface area contributed by atoms with Crippen molar-refractivity contribution in [3.8, 4) is 5.88 Å². The van der Waals surface area contributed by atoms with Crippen LogP contribution in [0.2, 0.25) is 0 Å². The molecule has 0 spiro atoms. The van der Waals surface area contributed by atoms with E-state index < -0.39 is 0 Å². The lowest BCUT2D eigenvalue weighted by Crippen LogP contribution is -2.08. The van der Waals surface area contributed by atoms with Crippen LogP contribution in [0.5, 0.6) is 5.88 Å². The number of nitrogens with zero attached hydrogens (tertiary/aromatic N) is 2. The molecule has 0 fully saturated rings. The van der Waals surface area contributed by atoms with Gasteiger partial charge >= 0.3 is 0 Å². The summed E-state index contributed by atoms with van der Waals surface area (Å²) in [4.78, 5) is 23.8. The number of benzene rings is 1. The van der Waals surface area contributed by atoms with Crippen LogP contribution in [0.1, 0.15) is 25.3 Å². The monoisotopic (exact) mass is 350 g/mol. The molecule has 0 aliphatic carbocycles. The van der Waals surface area contributed by atoms with Crippen LogP contribution >= 0.6 is 0 Å². The number of fused-ring (bicyclic) bond motifs is 3. The van der Waals surface area contributed by atoms with Gasteiger partial charge in [-0.3, -0.25) is 9.79 Å². The average Bonchev–Trinajstić information content (AvgIpc) is 2.66. The van der Waals surface area contributed by atoms with E-state index in [1.807, 2.05) is 12.1 Å². The van der Waals surface area contributed by atoms with Crippen LogP contribution in [0.4, 0.5) is 0 Å². The standard InChI is InChI=1S/C20H22N4O2/c1-3-4-9-26-20-18-16-10-13(14(11-21)12-22-2)5-6-15(16)19(25)24-17(18)7-8-23-20/h5-8,10-12H,3-4,9,21H2,1-2H3,(H,24,25)/b14-11+,22-12?. The van der Waals surface area contributed by atoms with Gasteiger partial charge in [0.15, 0.2) is 0 Å². The molecule has 26 heavy (non-hydrogen) atoms. The summed E-state index contributed by atoms with van der Waals surface area (Å²) in [6.07, 6.45) is 6.81. The first-order valence-electron chi connectivity index (χ1n) is 8.61. The third-order valence-corrected chi connectivity index (χ3v) is 4.22. The Morgan fingerprint density at radius 3 is 2.92 bits per heavy atom. The van der Waals surface area contributed by atoms with Gasteiger partial charge in [0.25, 0.3) is 5.56 Å². The summed E-state index contributed by atoms with van der Waals surface area (Å²) in [5, 5.41) is 2.16. The molecule has 2 heterocycles. The first kappa shape index (κ1) is 17.7. The second-order valence-electron chi connectivity index (χ2n) is 5.96. The molecule has 3 N–H and O–H groups in total. The molecule has 0 saturated heterocycles. The maximum atomic E-state index is 12.5. The number of H-pyrrole nitrogens is 1. The molecule has 6 nitrogen and oxygen atoms in total. The molecule has 6 heteroatoms. The highest BCUT2D eigenvalue weighted by Gasteiger charge is 2.13. The van der Waals surface area contributed by atoms with E-state index in [0.29, 0.717) is 23.4 Å². The Bertz CT molecular complexity index is 1050. The summed E-state index contributed by atoms with van der Waals surface area (Å²) >= 11 is 0. The highest BCUT2D eigenvalue weighted by Crippen LogP contribution is 2.30. The number of pyridine rings is 2. The van der Waals surface area contributed by atoms with Crippen molar-refractivity contribution in [2.24, 2.45) is 10.7 Å². The van der Waals surface area contributed by atoms with Crippen LogP contribution in [0.15, 0.2) is 46.4 Å². The summed E-state index contributed by atoms with van der Waals surface area (Å²) in [6.45, 7) is 2.69. The van der Waals surface area contributed by atoms with E-state index in [1.54, 1.807) is 31.6 Å². The van der Waals surface area contributed by atoms with Gasteiger partial charge in [-0.2, -0.15) is 0 Å².